The molecule has 1 fully saturated rings. The Morgan fingerprint density at radius 3 is 2.19 bits per heavy atom. The molecule has 0 N–H and O–H groups in total. The van der Waals surface area contributed by atoms with Crippen LogP contribution in [0.25, 0.3) is 11.1 Å². The lowest BCUT2D eigenvalue weighted by molar-refractivity contribution is -0.137. The van der Waals surface area contributed by atoms with Gasteiger partial charge in [-0.05, 0) is 49.1 Å². The molecule has 0 amide bonds. The summed E-state index contributed by atoms with van der Waals surface area (Å²) in [5.74, 6) is 0. The molecule has 0 spiro atoms. The van der Waals surface area contributed by atoms with Gasteiger partial charge in [0.25, 0.3) is 0 Å². The first kappa shape index (κ1) is 20.4. The lowest BCUT2D eigenvalue weighted by Crippen LogP contribution is -2.29. The Morgan fingerprint density at radius 2 is 1.63 bits per heavy atom. The maximum absolute atomic E-state index is 13.9. The highest BCUT2D eigenvalue weighted by Gasteiger charge is 2.40. The van der Waals surface area contributed by atoms with E-state index in [1.807, 2.05) is 0 Å². The number of ether oxygens (including phenoxy) is 1. The highest BCUT2D eigenvalue weighted by Crippen LogP contribution is 2.44. The number of sulfone groups is 1. The summed E-state index contributed by atoms with van der Waals surface area (Å²) < 4.78 is 73.9. The molecular weight excluding hydrogens is 445 g/mol. The standard InChI is InChI=1S/C19H18BrF3O3S/c1-12-2-7-16(27(24,25)15-8-10-26-11-9-15)17(18(12)19(21,22)23)13-3-5-14(20)6-4-13/h2-7,15H,8-11H2,1H3. The first-order chi connectivity index (χ1) is 12.6. The van der Waals surface area contributed by atoms with Gasteiger partial charge in [0, 0.05) is 23.2 Å². The molecule has 1 heterocycles. The van der Waals surface area contributed by atoms with E-state index >= 15 is 0 Å². The van der Waals surface area contributed by atoms with Gasteiger partial charge in [0.2, 0.25) is 0 Å². The average molecular weight is 463 g/mol. The molecule has 2 aromatic rings. The van der Waals surface area contributed by atoms with E-state index in [0.29, 0.717) is 4.47 Å². The molecule has 0 radical (unpaired) electrons. The summed E-state index contributed by atoms with van der Waals surface area (Å²) in [7, 11) is -3.94. The Bertz CT molecular complexity index is 932. The molecule has 1 aliphatic rings. The van der Waals surface area contributed by atoms with E-state index in [4.69, 9.17) is 4.74 Å². The number of halogens is 4. The molecule has 0 unspecified atom stereocenters. The van der Waals surface area contributed by atoms with Crippen LogP contribution >= 0.6 is 15.9 Å². The Labute approximate surface area is 164 Å². The van der Waals surface area contributed by atoms with Crippen LogP contribution in [0.3, 0.4) is 0 Å². The molecule has 27 heavy (non-hydrogen) atoms. The molecule has 2 aromatic carbocycles. The van der Waals surface area contributed by atoms with E-state index in [-0.39, 0.29) is 47.6 Å². The van der Waals surface area contributed by atoms with E-state index in [0.717, 1.165) is 0 Å². The fourth-order valence-electron chi connectivity index (χ4n) is 3.36. The van der Waals surface area contributed by atoms with E-state index in [9.17, 15) is 21.6 Å². The van der Waals surface area contributed by atoms with Crippen LogP contribution in [0.5, 0.6) is 0 Å². The van der Waals surface area contributed by atoms with E-state index in [1.54, 1.807) is 12.1 Å². The Hall–Kier alpha value is -1.38. The number of benzene rings is 2. The quantitative estimate of drug-likeness (QED) is 0.613. The first-order valence-corrected chi connectivity index (χ1v) is 10.7. The summed E-state index contributed by atoms with van der Waals surface area (Å²) in [4.78, 5) is -0.269. The van der Waals surface area contributed by atoms with Crippen LogP contribution in [0.15, 0.2) is 45.8 Å². The van der Waals surface area contributed by atoms with Crippen molar-refractivity contribution in [1.29, 1.82) is 0 Å². The average Bonchev–Trinajstić information content (AvgIpc) is 2.61. The van der Waals surface area contributed by atoms with Crippen molar-refractivity contribution in [3.8, 4) is 11.1 Å². The molecule has 0 aliphatic carbocycles. The second-order valence-electron chi connectivity index (χ2n) is 6.49. The van der Waals surface area contributed by atoms with Crippen molar-refractivity contribution in [2.45, 2.75) is 36.1 Å². The predicted octanol–water partition coefficient (Wildman–Crippen LogP) is 5.40. The van der Waals surface area contributed by atoms with Gasteiger partial charge in [-0.25, -0.2) is 8.42 Å². The van der Waals surface area contributed by atoms with E-state index in [2.05, 4.69) is 15.9 Å². The minimum Gasteiger partial charge on any atom is -0.381 e. The van der Waals surface area contributed by atoms with Crippen LogP contribution in [0.4, 0.5) is 13.2 Å². The molecule has 1 aliphatic heterocycles. The van der Waals surface area contributed by atoms with Crippen LogP contribution in [-0.2, 0) is 20.8 Å². The Morgan fingerprint density at radius 1 is 1.04 bits per heavy atom. The third-order valence-electron chi connectivity index (χ3n) is 4.71. The van der Waals surface area contributed by atoms with Crippen molar-refractivity contribution in [1.82, 2.24) is 0 Å². The largest absolute Gasteiger partial charge is 0.417 e. The number of hydrogen-bond donors (Lipinski definition) is 0. The molecule has 146 valence electrons. The Balaban J connectivity index is 2.30. The van der Waals surface area contributed by atoms with E-state index < -0.39 is 26.8 Å². The third-order valence-corrected chi connectivity index (χ3v) is 7.54. The van der Waals surface area contributed by atoms with Crippen LogP contribution in [0.1, 0.15) is 24.0 Å². The normalized spacial score (nSPS) is 16.5. The van der Waals surface area contributed by atoms with Crippen LogP contribution in [-0.4, -0.2) is 26.9 Å². The maximum atomic E-state index is 13.9. The predicted molar refractivity (Wildman–Crippen MR) is 100 cm³/mol. The van der Waals surface area contributed by atoms with Gasteiger partial charge >= 0.3 is 6.18 Å². The molecule has 1 saturated heterocycles. The molecule has 3 rings (SSSR count). The second kappa shape index (κ2) is 7.56. The van der Waals surface area contributed by atoms with Crippen molar-refractivity contribution in [3.05, 3.63) is 52.0 Å². The summed E-state index contributed by atoms with van der Waals surface area (Å²) in [6.07, 6.45) is -4.12. The summed E-state index contributed by atoms with van der Waals surface area (Å²) >= 11 is 3.26. The van der Waals surface area contributed by atoms with E-state index in [1.165, 1.54) is 31.2 Å². The zero-order chi connectivity index (χ0) is 19.8. The number of hydrogen-bond acceptors (Lipinski definition) is 3. The van der Waals surface area contributed by atoms with Crippen molar-refractivity contribution in [2.24, 2.45) is 0 Å². The Kier molecular flexibility index (Phi) is 5.70. The number of alkyl halides is 3. The van der Waals surface area contributed by atoms with Crippen LogP contribution in [0, 0.1) is 6.92 Å². The van der Waals surface area contributed by atoms with Crippen LogP contribution < -0.4 is 0 Å². The lowest BCUT2D eigenvalue weighted by Gasteiger charge is -2.25. The van der Waals surface area contributed by atoms with Crippen molar-refractivity contribution >= 4 is 25.8 Å². The van der Waals surface area contributed by atoms with Crippen molar-refractivity contribution < 1.29 is 26.3 Å². The van der Waals surface area contributed by atoms with Gasteiger partial charge in [-0.2, -0.15) is 13.2 Å². The molecule has 8 heteroatoms. The second-order valence-corrected chi connectivity index (χ2v) is 9.60. The van der Waals surface area contributed by atoms with Gasteiger partial charge in [0.05, 0.1) is 15.7 Å². The minimum absolute atomic E-state index is 0.00801. The van der Waals surface area contributed by atoms with Crippen molar-refractivity contribution in [2.75, 3.05) is 13.2 Å². The molecule has 0 atom stereocenters. The zero-order valence-electron chi connectivity index (χ0n) is 14.5. The van der Waals surface area contributed by atoms with Gasteiger partial charge in [0.15, 0.2) is 9.84 Å². The van der Waals surface area contributed by atoms with Gasteiger partial charge in [-0.3, -0.25) is 0 Å². The smallest absolute Gasteiger partial charge is 0.381 e. The minimum atomic E-state index is -4.67. The topological polar surface area (TPSA) is 43.4 Å². The molecular formula is C19H18BrF3O3S. The third kappa shape index (κ3) is 4.07. The van der Waals surface area contributed by atoms with Gasteiger partial charge < -0.3 is 4.74 Å². The number of aryl methyl sites for hydroxylation is 1. The maximum Gasteiger partial charge on any atom is 0.417 e. The summed E-state index contributed by atoms with van der Waals surface area (Å²) in [6, 6.07) is 8.73. The SMILES string of the molecule is Cc1ccc(S(=O)(=O)C2CCOCC2)c(-c2ccc(Br)cc2)c1C(F)(F)F. The first-order valence-electron chi connectivity index (χ1n) is 8.40. The monoisotopic (exact) mass is 462 g/mol. The van der Waals surface area contributed by atoms with Crippen LogP contribution in [0.2, 0.25) is 0 Å². The highest BCUT2D eigenvalue weighted by molar-refractivity contribution is 9.10. The van der Waals surface area contributed by atoms with Crippen molar-refractivity contribution in [3.63, 3.8) is 0 Å². The van der Waals surface area contributed by atoms with Gasteiger partial charge in [-0.15, -0.1) is 0 Å². The molecule has 0 saturated carbocycles. The zero-order valence-corrected chi connectivity index (χ0v) is 16.9. The summed E-state index contributed by atoms with van der Waals surface area (Å²) in [5.41, 5.74) is -0.967. The molecule has 3 nitrogen and oxygen atoms in total. The lowest BCUT2D eigenvalue weighted by atomic mass is 9.95. The fraction of sp³-hybridized carbons (Fsp3) is 0.368. The highest BCUT2D eigenvalue weighted by atomic mass is 79.9. The van der Waals surface area contributed by atoms with Gasteiger partial charge in [-0.1, -0.05) is 34.1 Å². The molecule has 0 aromatic heterocycles. The number of rotatable bonds is 3. The molecule has 0 bridgehead atoms. The van der Waals surface area contributed by atoms with Gasteiger partial charge in [0.1, 0.15) is 0 Å². The summed E-state index contributed by atoms with van der Waals surface area (Å²) in [6.45, 7) is 1.92. The fourth-order valence-corrected chi connectivity index (χ4v) is 5.56. The summed E-state index contributed by atoms with van der Waals surface area (Å²) in [5, 5.41) is -0.746.